The molecule has 4 heterocycles. The van der Waals surface area contributed by atoms with Gasteiger partial charge >= 0.3 is 0 Å². The quantitative estimate of drug-likeness (QED) is 0.106. The molecule has 19 heteroatoms. The van der Waals surface area contributed by atoms with Crippen molar-refractivity contribution in [1.29, 1.82) is 0 Å². The number of aliphatic hydroxyl groups is 10. The van der Waals surface area contributed by atoms with Gasteiger partial charge in [-0.2, -0.15) is 0 Å². The molecular formula is C33H40O19. The summed E-state index contributed by atoms with van der Waals surface area (Å²) in [6, 6.07) is 7.65. The Morgan fingerprint density at radius 2 is 1.31 bits per heavy atom. The van der Waals surface area contributed by atoms with E-state index in [-0.39, 0.29) is 17.1 Å². The minimum atomic E-state index is -2.02. The maximum Gasteiger partial charge on any atom is 0.229 e. The first kappa shape index (κ1) is 38.2. The van der Waals surface area contributed by atoms with Crippen molar-refractivity contribution in [2.75, 3.05) is 13.2 Å². The van der Waals surface area contributed by atoms with Gasteiger partial charge in [-0.3, -0.25) is 4.79 Å². The van der Waals surface area contributed by atoms with E-state index >= 15 is 0 Å². The van der Waals surface area contributed by atoms with E-state index in [1.807, 2.05) is 0 Å². The van der Waals surface area contributed by atoms with Crippen molar-refractivity contribution in [1.82, 2.24) is 0 Å². The number of aromatic hydroxyl groups is 2. The molecule has 3 fully saturated rings. The maximum absolute atomic E-state index is 13.4. The molecular weight excluding hydrogens is 700 g/mol. The van der Waals surface area contributed by atoms with E-state index in [0.29, 0.717) is 5.56 Å². The van der Waals surface area contributed by atoms with E-state index in [1.165, 1.54) is 31.2 Å². The summed E-state index contributed by atoms with van der Waals surface area (Å²) >= 11 is 0. The Morgan fingerprint density at radius 3 is 1.98 bits per heavy atom. The number of fused-ring (bicyclic) bond motifs is 1. The number of hydrogen-bond acceptors (Lipinski definition) is 19. The summed E-state index contributed by atoms with van der Waals surface area (Å²) in [7, 11) is 0. The molecule has 6 rings (SSSR count). The Kier molecular flexibility index (Phi) is 11.1. The van der Waals surface area contributed by atoms with Gasteiger partial charge in [0.05, 0.1) is 24.9 Å². The van der Waals surface area contributed by atoms with Gasteiger partial charge in [-0.25, -0.2) is 0 Å². The molecule has 0 saturated carbocycles. The largest absolute Gasteiger partial charge is 0.508 e. The van der Waals surface area contributed by atoms with Gasteiger partial charge in [0.25, 0.3) is 0 Å². The van der Waals surface area contributed by atoms with Crippen LogP contribution in [0.1, 0.15) is 18.6 Å². The van der Waals surface area contributed by atoms with Crippen molar-refractivity contribution in [2.45, 2.75) is 98.9 Å². The van der Waals surface area contributed by atoms with Crippen LogP contribution in [0.5, 0.6) is 17.2 Å². The van der Waals surface area contributed by atoms with Gasteiger partial charge in [0.15, 0.2) is 11.7 Å². The summed E-state index contributed by atoms with van der Waals surface area (Å²) in [5.41, 5.74) is -1.31. The maximum atomic E-state index is 13.4. The lowest BCUT2D eigenvalue weighted by Crippen LogP contribution is -2.61. The van der Waals surface area contributed by atoms with Crippen LogP contribution < -0.4 is 10.2 Å². The molecule has 0 amide bonds. The van der Waals surface area contributed by atoms with E-state index in [1.54, 1.807) is 0 Å². The van der Waals surface area contributed by atoms with Crippen LogP contribution in [0.2, 0.25) is 0 Å². The lowest BCUT2D eigenvalue weighted by atomic mass is 9.89. The summed E-state index contributed by atoms with van der Waals surface area (Å²) in [5, 5.41) is 125. The number of benzene rings is 2. The molecule has 0 spiro atoms. The first-order valence-electron chi connectivity index (χ1n) is 16.2. The molecule has 12 N–H and O–H groups in total. The van der Waals surface area contributed by atoms with Crippen LogP contribution in [-0.4, -0.2) is 160 Å². The summed E-state index contributed by atoms with van der Waals surface area (Å²) in [6.07, 6.45) is -25.6. The van der Waals surface area contributed by atoms with Crippen molar-refractivity contribution >= 4 is 11.0 Å². The van der Waals surface area contributed by atoms with E-state index < -0.39 is 133 Å². The summed E-state index contributed by atoms with van der Waals surface area (Å²) in [6.45, 7) is -0.0855. The van der Waals surface area contributed by atoms with Crippen LogP contribution in [0, 0.1) is 0 Å². The van der Waals surface area contributed by atoms with Crippen LogP contribution in [0.4, 0.5) is 0 Å². The fourth-order valence-corrected chi connectivity index (χ4v) is 6.39. The van der Waals surface area contributed by atoms with Crippen LogP contribution in [0.25, 0.3) is 22.3 Å². The van der Waals surface area contributed by atoms with Gasteiger partial charge < -0.3 is 89.4 Å². The molecule has 0 bridgehead atoms. The minimum Gasteiger partial charge on any atom is -0.508 e. The molecule has 15 atom stereocenters. The molecule has 15 unspecified atom stereocenters. The summed E-state index contributed by atoms with van der Waals surface area (Å²) in [5.74, 6) is -1.51. The molecule has 3 aliphatic heterocycles. The standard InChI is InChI=1S/C33H40O19/c1-10-21(37)25(41)29(45)32(48-10)47-9-18-23(39)27(43)30(46)33(52-18)51-16-7-15-19(13(36)6-14(49-15)11-2-4-12(35)5-3-11)24(40)20(16)31-28(44)26(42)22(38)17(8-34)50-31/h2-7,10,17-18,21-23,25-35,37-46H,8-9H2,1H3. The normalized spacial score (nSPS) is 38.3. The zero-order valence-corrected chi connectivity index (χ0v) is 27.3. The Balaban J connectivity index is 1.38. The molecule has 0 aliphatic carbocycles. The first-order valence-corrected chi connectivity index (χ1v) is 16.2. The third kappa shape index (κ3) is 6.97. The van der Waals surface area contributed by atoms with Gasteiger partial charge in [0.1, 0.15) is 107 Å². The third-order valence-electron chi connectivity index (χ3n) is 9.47. The van der Waals surface area contributed by atoms with E-state index in [9.17, 15) is 66.1 Å². The van der Waals surface area contributed by atoms with Crippen molar-refractivity contribution in [3.05, 3.63) is 52.2 Å². The molecule has 2 aromatic carbocycles. The second kappa shape index (κ2) is 15.1. The third-order valence-corrected chi connectivity index (χ3v) is 9.47. The van der Waals surface area contributed by atoms with Crippen molar-refractivity contribution in [2.24, 2.45) is 0 Å². The average Bonchev–Trinajstić information content (AvgIpc) is 3.12. The topological polar surface area (TPSA) is 319 Å². The zero-order chi connectivity index (χ0) is 37.8. The Hall–Kier alpha value is -3.51. The van der Waals surface area contributed by atoms with Crippen molar-refractivity contribution in [3.63, 3.8) is 0 Å². The highest BCUT2D eigenvalue weighted by Crippen LogP contribution is 2.46. The van der Waals surface area contributed by atoms with Gasteiger partial charge in [-0.05, 0) is 31.2 Å². The number of phenols is 2. The van der Waals surface area contributed by atoms with Crippen molar-refractivity contribution < 1.29 is 89.4 Å². The number of aliphatic hydroxyl groups excluding tert-OH is 10. The molecule has 3 saturated heterocycles. The first-order chi connectivity index (χ1) is 24.6. The fraction of sp³-hybridized carbons (Fsp3) is 0.545. The van der Waals surface area contributed by atoms with Gasteiger partial charge in [0.2, 0.25) is 6.29 Å². The Bertz CT molecular complexity index is 1760. The van der Waals surface area contributed by atoms with Crippen LogP contribution in [-0.2, 0) is 18.9 Å². The number of rotatable bonds is 8. The Labute approximate surface area is 293 Å². The molecule has 0 radical (unpaired) electrons. The molecule has 3 aromatic rings. The van der Waals surface area contributed by atoms with Crippen LogP contribution >= 0.6 is 0 Å². The second-order valence-electron chi connectivity index (χ2n) is 12.9. The second-order valence-corrected chi connectivity index (χ2v) is 12.9. The van der Waals surface area contributed by atoms with Crippen LogP contribution in [0.15, 0.2) is 45.6 Å². The van der Waals surface area contributed by atoms with E-state index in [2.05, 4.69) is 0 Å². The Morgan fingerprint density at radius 1 is 0.692 bits per heavy atom. The average molecular weight is 741 g/mol. The number of ether oxygens (including phenoxy) is 5. The SMILES string of the molecule is CC1OC(OCC2OC(Oc3cc4oc(-c5ccc(O)cc5)cc(=O)c4c(O)c3C3OC(CO)C(O)C(O)C3O)C(O)C(O)C2O)C(O)C(O)C1O. The lowest BCUT2D eigenvalue weighted by Gasteiger charge is -2.43. The molecule has 286 valence electrons. The minimum absolute atomic E-state index is 0.0211. The summed E-state index contributed by atoms with van der Waals surface area (Å²) in [4.78, 5) is 13.4. The highest BCUT2D eigenvalue weighted by atomic mass is 16.7. The fourth-order valence-electron chi connectivity index (χ4n) is 6.39. The van der Waals surface area contributed by atoms with E-state index in [4.69, 9.17) is 28.1 Å². The highest BCUT2D eigenvalue weighted by molar-refractivity contribution is 5.88. The molecule has 19 nitrogen and oxygen atoms in total. The number of hydrogen-bond donors (Lipinski definition) is 12. The lowest BCUT2D eigenvalue weighted by molar-refractivity contribution is -0.318. The van der Waals surface area contributed by atoms with Gasteiger partial charge in [-0.15, -0.1) is 0 Å². The van der Waals surface area contributed by atoms with Crippen molar-refractivity contribution in [3.8, 4) is 28.6 Å². The monoisotopic (exact) mass is 740 g/mol. The predicted molar refractivity (Wildman–Crippen MR) is 170 cm³/mol. The smallest absolute Gasteiger partial charge is 0.229 e. The highest BCUT2D eigenvalue weighted by Gasteiger charge is 2.50. The predicted octanol–water partition coefficient (Wildman–Crippen LogP) is -3.58. The van der Waals surface area contributed by atoms with E-state index in [0.717, 1.165) is 12.1 Å². The number of phenolic OH excluding ortho intramolecular Hbond substituents is 2. The molecule has 52 heavy (non-hydrogen) atoms. The van der Waals surface area contributed by atoms with Crippen LogP contribution in [0.3, 0.4) is 0 Å². The summed E-state index contributed by atoms with van der Waals surface area (Å²) < 4.78 is 34.1. The molecule has 3 aliphatic rings. The molecule has 1 aromatic heterocycles. The zero-order valence-electron chi connectivity index (χ0n) is 27.3. The van der Waals surface area contributed by atoms with Gasteiger partial charge in [0, 0.05) is 17.7 Å². The van der Waals surface area contributed by atoms with Gasteiger partial charge in [-0.1, -0.05) is 0 Å².